The van der Waals surface area contributed by atoms with Crippen molar-refractivity contribution in [3.8, 4) is 11.5 Å². The van der Waals surface area contributed by atoms with E-state index in [1.807, 2.05) is 47.7 Å². The number of para-hydroxylation sites is 1. The molecule has 2 N–H and O–H groups in total. The van der Waals surface area contributed by atoms with E-state index < -0.39 is 5.91 Å². The van der Waals surface area contributed by atoms with E-state index in [1.54, 1.807) is 24.3 Å². The minimum atomic E-state index is -0.439. The van der Waals surface area contributed by atoms with Gasteiger partial charge < -0.3 is 14.3 Å². The summed E-state index contributed by atoms with van der Waals surface area (Å²) in [5, 5.41) is 14.7. The standard InChI is InChI=1S/C18H15IN2O4/c1-2-24-15-8-11(7-13(19)17(15)22)10-20-21-18(23)16-9-12-5-3-4-6-14(12)25-16/h3-10,22H,2H2,1H3,(H,21,23)/b20-10+. The molecule has 6 nitrogen and oxygen atoms in total. The summed E-state index contributed by atoms with van der Waals surface area (Å²) in [5.41, 5.74) is 3.76. The Morgan fingerprint density at radius 3 is 2.92 bits per heavy atom. The number of carbonyl (C=O) groups excluding carboxylic acids is 1. The van der Waals surface area contributed by atoms with Crippen LogP contribution in [0.1, 0.15) is 23.0 Å². The van der Waals surface area contributed by atoms with Crippen LogP contribution in [-0.4, -0.2) is 23.8 Å². The van der Waals surface area contributed by atoms with Crippen LogP contribution in [0.2, 0.25) is 0 Å². The summed E-state index contributed by atoms with van der Waals surface area (Å²) < 4.78 is 11.5. The highest BCUT2D eigenvalue weighted by molar-refractivity contribution is 14.1. The number of hydrazone groups is 1. The van der Waals surface area contributed by atoms with Gasteiger partial charge in [0.25, 0.3) is 0 Å². The molecule has 0 aliphatic carbocycles. The van der Waals surface area contributed by atoms with E-state index in [-0.39, 0.29) is 11.5 Å². The van der Waals surface area contributed by atoms with Gasteiger partial charge in [0, 0.05) is 5.39 Å². The summed E-state index contributed by atoms with van der Waals surface area (Å²) in [7, 11) is 0. The molecule has 3 rings (SSSR count). The third kappa shape index (κ3) is 3.93. The van der Waals surface area contributed by atoms with E-state index in [1.165, 1.54) is 6.21 Å². The summed E-state index contributed by atoms with van der Waals surface area (Å²) in [4.78, 5) is 12.1. The van der Waals surface area contributed by atoms with Crippen molar-refractivity contribution in [1.82, 2.24) is 5.43 Å². The Labute approximate surface area is 157 Å². The molecule has 0 radical (unpaired) electrons. The van der Waals surface area contributed by atoms with Crippen molar-refractivity contribution >= 4 is 45.7 Å². The number of fused-ring (bicyclic) bond motifs is 1. The van der Waals surface area contributed by atoms with Crippen LogP contribution in [0.3, 0.4) is 0 Å². The third-order valence-corrected chi connectivity index (χ3v) is 4.20. The number of phenols is 1. The lowest BCUT2D eigenvalue weighted by atomic mass is 10.2. The second kappa shape index (κ2) is 7.56. The number of carbonyl (C=O) groups is 1. The normalized spacial score (nSPS) is 11.1. The number of halogens is 1. The molecular weight excluding hydrogens is 435 g/mol. The van der Waals surface area contributed by atoms with E-state index in [0.29, 0.717) is 27.1 Å². The molecule has 0 unspecified atom stereocenters. The number of hydrogen-bond acceptors (Lipinski definition) is 5. The molecule has 7 heteroatoms. The third-order valence-electron chi connectivity index (χ3n) is 3.38. The second-order valence-electron chi connectivity index (χ2n) is 5.13. The van der Waals surface area contributed by atoms with Gasteiger partial charge in [0.2, 0.25) is 0 Å². The van der Waals surface area contributed by atoms with E-state index >= 15 is 0 Å². The number of phenolic OH excluding ortho intramolecular Hbond substituents is 1. The molecule has 2 aromatic carbocycles. The first-order chi connectivity index (χ1) is 12.1. The summed E-state index contributed by atoms with van der Waals surface area (Å²) in [6.45, 7) is 2.27. The average molecular weight is 450 g/mol. The Bertz CT molecular complexity index is 916. The molecule has 3 aromatic rings. The van der Waals surface area contributed by atoms with Gasteiger partial charge in [0.1, 0.15) is 5.58 Å². The molecule has 1 aromatic heterocycles. The Morgan fingerprint density at radius 2 is 2.16 bits per heavy atom. The minimum Gasteiger partial charge on any atom is -0.504 e. The fraction of sp³-hybridized carbons (Fsp3) is 0.111. The molecule has 0 fully saturated rings. The number of furan rings is 1. The van der Waals surface area contributed by atoms with E-state index in [2.05, 4.69) is 10.5 Å². The van der Waals surface area contributed by atoms with Gasteiger partial charge in [0.05, 0.1) is 16.4 Å². The van der Waals surface area contributed by atoms with Crippen LogP contribution < -0.4 is 10.2 Å². The predicted molar refractivity (Wildman–Crippen MR) is 103 cm³/mol. The SMILES string of the molecule is CCOc1cc(/C=N/NC(=O)c2cc3ccccc3o2)cc(I)c1O. The average Bonchev–Trinajstić information content (AvgIpc) is 3.03. The van der Waals surface area contributed by atoms with Crippen molar-refractivity contribution in [2.24, 2.45) is 5.10 Å². The number of rotatable bonds is 5. The first kappa shape index (κ1) is 17.3. The first-order valence-corrected chi connectivity index (χ1v) is 8.63. The van der Waals surface area contributed by atoms with Crippen molar-refractivity contribution in [2.75, 3.05) is 6.61 Å². The maximum absolute atomic E-state index is 12.1. The Balaban J connectivity index is 1.73. The molecule has 0 bridgehead atoms. The van der Waals surface area contributed by atoms with Gasteiger partial charge in [0.15, 0.2) is 17.3 Å². The van der Waals surface area contributed by atoms with Gasteiger partial charge in [-0.1, -0.05) is 18.2 Å². The zero-order valence-corrected chi connectivity index (χ0v) is 15.5. The lowest BCUT2D eigenvalue weighted by Crippen LogP contribution is -2.16. The molecule has 25 heavy (non-hydrogen) atoms. The maximum Gasteiger partial charge on any atom is 0.307 e. The molecule has 0 saturated heterocycles. The van der Waals surface area contributed by atoms with Gasteiger partial charge in [-0.05, 0) is 59.3 Å². The smallest absolute Gasteiger partial charge is 0.307 e. The highest BCUT2D eigenvalue weighted by Gasteiger charge is 2.11. The number of nitrogens with one attached hydrogen (secondary N) is 1. The van der Waals surface area contributed by atoms with Gasteiger partial charge in [-0.3, -0.25) is 4.79 Å². The zero-order chi connectivity index (χ0) is 17.8. The zero-order valence-electron chi connectivity index (χ0n) is 13.3. The van der Waals surface area contributed by atoms with Crippen LogP contribution in [0.15, 0.2) is 52.0 Å². The Hall–Kier alpha value is -2.55. The first-order valence-electron chi connectivity index (χ1n) is 7.55. The second-order valence-corrected chi connectivity index (χ2v) is 6.29. The van der Waals surface area contributed by atoms with Crippen molar-refractivity contribution in [2.45, 2.75) is 6.92 Å². The van der Waals surface area contributed by atoms with Crippen LogP contribution in [0.25, 0.3) is 11.0 Å². The fourth-order valence-electron chi connectivity index (χ4n) is 2.25. The van der Waals surface area contributed by atoms with Crippen molar-refractivity contribution in [1.29, 1.82) is 0 Å². The molecule has 0 saturated carbocycles. The monoisotopic (exact) mass is 450 g/mol. The summed E-state index contributed by atoms with van der Waals surface area (Å²) in [6, 6.07) is 12.4. The summed E-state index contributed by atoms with van der Waals surface area (Å²) in [6.07, 6.45) is 1.48. The van der Waals surface area contributed by atoms with Gasteiger partial charge in [-0.15, -0.1) is 0 Å². The number of amides is 1. The fourth-order valence-corrected chi connectivity index (χ4v) is 2.87. The van der Waals surface area contributed by atoms with Crippen LogP contribution in [0.4, 0.5) is 0 Å². The Kier molecular flexibility index (Phi) is 5.22. The van der Waals surface area contributed by atoms with Crippen molar-refractivity contribution in [3.63, 3.8) is 0 Å². The number of benzene rings is 2. The molecule has 0 spiro atoms. The van der Waals surface area contributed by atoms with Gasteiger partial charge in [-0.25, -0.2) is 5.43 Å². The van der Waals surface area contributed by atoms with Crippen LogP contribution in [-0.2, 0) is 0 Å². The van der Waals surface area contributed by atoms with Crippen molar-refractivity contribution in [3.05, 3.63) is 57.4 Å². The molecule has 1 heterocycles. The summed E-state index contributed by atoms with van der Waals surface area (Å²) in [5.74, 6) is 0.213. The molecular formula is C18H15IN2O4. The molecule has 1 amide bonds. The quantitative estimate of drug-likeness (QED) is 0.351. The lowest BCUT2D eigenvalue weighted by molar-refractivity contribution is 0.0929. The highest BCUT2D eigenvalue weighted by Crippen LogP contribution is 2.32. The molecule has 0 atom stereocenters. The minimum absolute atomic E-state index is 0.0888. The van der Waals surface area contributed by atoms with Gasteiger partial charge >= 0.3 is 5.91 Å². The maximum atomic E-state index is 12.1. The van der Waals surface area contributed by atoms with E-state index in [0.717, 1.165) is 5.39 Å². The van der Waals surface area contributed by atoms with Crippen LogP contribution in [0.5, 0.6) is 11.5 Å². The van der Waals surface area contributed by atoms with Crippen molar-refractivity contribution < 1.29 is 19.1 Å². The lowest BCUT2D eigenvalue weighted by Gasteiger charge is -2.08. The Morgan fingerprint density at radius 1 is 1.36 bits per heavy atom. The predicted octanol–water partition coefficient (Wildman–Crippen LogP) is 3.91. The van der Waals surface area contributed by atoms with Crippen LogP contribution >= 0.6 is 22.6 Å². The van der Waals surface area contributed by atoms with Gasteiger partial charge in [-0.2, -0.15) is 5.10 Å². The van der Waals surface area contributed by atoms with E-state index in [4.69, 9.17) is 9.15 Å². The number of ether oxygens (including phenoxy) is 1. The molecule has 128 valence electrons. The molecule has 0 aliphatic heterocycles. The van der Waals surface area contributed by atoms with Crippen LogP contribution in [0, 0.1) is 3.57 Å². The number of aromatic hydroxyl groups is 1. The largest absolute Gasteiger partial charge is 0.504 e. The summed E-state index contributed by atoms with van der Waals surface area (Å²) >= 11 is 2.00. The number of nitrogens with zero attached hydrogens (tertiary/aromatic N) is 1. The molecule has 0 aliphatic rings. The van der Waals surface area contributed by atoms with E-state index in [9.17, 15) is 9.90 Å². The highest BCUT2D eigenvalue weighted by atomic mass is 127. The topological polar surface area (TPSA) is 84.1 Å². The number of hydrogen-bond donors (Lipinski definition) is 2.